The molecule has 1 aliphatic heterocycles. The van der Waals surface area contributed by atoms with E-state index in [1.807, 2.05) is 0 Å². The Balaban J connectivity index is 2.81. The molecule has 0 saturated heterocycles. The average Bonchev–Trinajstić information content (AvgIpc) is 2.15. The largest absolute Gasteiger partial charge is 0.279 e. The highest BCUT2D eigenvalue weighted by molar-refractivity contribution is 7.89. The van der Waals surface area contributed by atoms with E-state index in [0.717, 1.165) is 4.41 Å². The van der Waals surface area contributed by atoms with Crippen LogP contribution in [0.1, 0.15) is 12.5 Å². The molecular formula is C9H9ClN2O2S. The Kier molecular flexibility index (Phi) is 2.24. The van der Waals surface area contributed by atoms with Gasteiger partial charge >= 0.3 is 0 Å². The molecule has 0 N–H and O–H groups in total. The molecule has 0 radical (unpaired) electrons. The van der Waals surface area contributed by atoms with Crippen LogP contribution in [-0.2, 0) is 10.0 Å². The third-order valence-corrected chi connectivity index (χ3v) is 4.16. The maximum absolute atomic E-state index is 11.9. The van der Waals surface area contributed by atoms with Crippen LogP contribution in [0.15, 0.2) is 28.2 Å². The summed E-state index contributed by atoms with van der Waals surface area (Å²) < 4.78 is 24.7. The topological polar surface area (TPSA) is 49.7 Å². The second kappa shape index (κ2) is 3.21. The minimum Gasteiger partial charge on any atom is -0.200 e. The van der Waals surface area contributed by atoms with Crippen molar-refractivity contribution in [3.63, 3.8) is 0 Å². The molecule has 2 rings (SSSR count). The van der Waals surface area contributed by atoms with Crippen LogP contribution in [0.5, 0.6) is 0 Å². The van der Waals surface area contributed by atoms with E-state index >= 15 is 0 Å². The van der Waals surface area contributed by atoms with Gasteiger partial charge in [-0.25, -0.2) is 0 Å². The Morgan fingerprint density at radius 3 is 2.73 bits per heavy atom. The van der Waals surface area contributed by atoms with E-state index in [1.54, 1.807) is 19.1 Å². The molecule has 1 aliphatic rings. The van der Waals surface area contributed by atoms with Crippen molar-refractivity contribution in [3.8, 4) is 0 Å². The summed E-state index contributed by atoms with van der Waals surface area (Å²) in [6.45, 7) is 1.76. The number of fused-ring (bicyclic) bond motifs is 1. The maximum atomic E-state index is 11.9. The zero-order valence-electron chi connectivity index (χ0n) is 8.23. The lowest BCUT2D eigenvalue weighted by atomic mass is 10.1. The van der Waals surface area contributed by atoms with Gasteiger partial charge in [0.15, 0.2) is 0 Å². The van der Waals surface area contributed by atoms with Crippen molar-refractivity contribution >= 4 is 27.3 Å². The summed E-state index contributed by atoms with van der Waals surface area (Å²) in [4.78, 5) is 0.213. The van der Waals surface area contributed by atoms with E-state index in [4.69, 9.17) is 11.6 Å². The van der Waals surface area contributed by atoms with Crippen LogP contribution in [0.3, 0.4) is 0 Å². The van der Waals surface area contributed by atoms with Crippen molar-refractivity contribution in [3.05, 3.63) is 28.8 Å². The molecule has 0 unspecified atom stereocenters. The SMILES string of the molecule is CC1=NN(C)S(=O)(=O)c2cc(Cl)ccc21. The third-order valence-electron chi connectivity index (χ3n) is 2.25. The number of halogens is 1. The maximum Gasteiger partial charge on any atom is 0.279 e. The first-order valence-electron chi connectivity index (χ1n) is 4.27. The minimum absolute atomic E-state index is 0.213. The molecule has 1 aromatic carbocycles. The Morgan fingerprint density at radius 2 is 2.07 bits per heavy atom. The first-order chi connectivity index (χ1) is 6.93. The van der Waals surface area contributed by atoms with E-state index < -0.39 is 10.0 Å². The number of hydrogen-bond donors (Lipinski definition) is 0. The van der Waals surface area contributed by atoms with Crippen LogP contribution in [0, 0.1) is 0 Å². The fourth-order valence-electron chi connectivity index (χ4n) is 1.47. The van der Waals surface area contributed by atoms with Crippen LogP contribution in [0.4, 0.5) is 0 Å². The lowest BCUT2D eigenvalue weighted by Gasteiger charge is -2.22. The number of hydrazone groups is 1. The van der Waals surface area contributed by atoms with Gasteiger partial charge in [0, 0.05) is 17.6 Å². The third kappa shape index (κ3) is 1.52. The highest BCUT2D eigenvalue weighted by atomic mass is 35.5. The normalized spacial score (nSPS) is 18.3. The quantitative estimate of drug-likeness (QED) is 0.698. The standard InChI is InChI=1S/C9H9ClN2O2S/c1-6-8-4-3-7(10)5-9(8)15(13,14)12(2)11-6/h3-5H,1-2H3. The highest BCUT2D eigenvalue weighted by Crippen LogP contribution is 2.27. The summed E-state index contributed by atoms with van der Waals surface area (Å²) in [5, 5.41) is 4.33. The van der Waals surface area contributed by atoms with Crippen molar-refractivity contribution < 1.29 is 8.42 Å². The molecule has 0 saturated carbocycles. The molecule has 0 bridgehead atoms. The van der Waals surface area contributed by atoms with Crippen LogP contribution >= 0.6 is 11.6 Å². The van der Waals surface area contributed by atoms with Crippen molar-refractivity contribution in [1.82, 2.24) is 4.41 Å². The van der Waals surface area contributed by atoms with Gasteiger partial charge in [0.05, 0.1) is 10.6 Å². The van der Waals surface area contributed by atoms with E-state index in [-0.39, 0.29) is 4.90 Å². The van der Waals surface area contributed by atoms with Gasteiger partial charge < -0.3 is 0 Å². The smallest absolute Gasteiger partial charge is 0.200 e. The van der Waals surface area contributed by atoms with Gasteiger partial charge in [-0.2, -0.15) is 17.9 Å². The van der Waals surface area contributed by atoms with E-state index in [0.29, 0.717) is 16.3 Å². The van der Waals surface area contributed by atoms with E-state index in [1.165, 1.54) is 13.1 Å². The lowest BCUT2D eigenvalue weighted by Crippen LogP contribution is -2.29. The number of nitrogens with zero attached hydrogens (tertiary/aromatic N) is 2. The predicted octanol–water partition coefficient (Wildman–Crippen LogP) is 1.70. The molecule has 4 nitrogen and oxygen atoms in total. The van der Waals surface area contributed by atoms with Crippen LogP contribution in [0.2, 0.25) is 5.02 Å². The molecule has 80 valence electrons. The van der Waals surface area contributed by atoms with Crippen molar-refractivity contribution in [2.24, 2.45) is 5.10 Å². The van der Waals surface area contributed by atoms with Gasteiger partial charge in [-0.05, 0) is 19.1 Å². The van der Waals surface area contributed by atoms with Gasteiger partial charge in [0.1, 0.15) is 0 Å². The number of sulfonamides is 1. The van der Waals surface area contributed by atoms with E-state index in [9.17, 15) is 8.42 Å². The fraction of sp³-hybridized carbons (Fsp3) is 0.222. The van der Waals surface area contributed by atoms with Gasteiger partial charge in [0.2, 0.25) is 0 Å². The first kappa shape index (κ1) is 10.4. The second-order valence-electron chi connectivity index (χ2n) is 3.27. The molecule has 15 heavy (non-hydrogen) atoms. The molecule has 0 aliphatic carbocycles. The number of benzene rings is 1. The molecular weight excluding hydrogens is 236 g/mol. The summed E-state index contributed by atoms with van der Waals surface area (Å²) >= 11 is 5.78. The summed E-state index contributed by atoms with van der Waals surface area (Å²) in [5.74, 6) is 0. The Morgan fingerprint density at radius 1 is 1.40 bits per heavy atom. The first-order valence-corrected chi connectivity index (χ1v) is 6.09. The average molecular weight is 245 g/mol. The molecule has 0 spiro atoms. The predicted molar refractivity (Wildman–Crippen MR) is 58.6 cm³/mol. The Hall–Kier alpha value is -1.07. The Bertz CT molecular complexity index is 551. The van der Waals surface area contributed by atoms with Gasteiger partial charge in [0.25, 0.3) is 10.0 Å². The zero-order valence-corrected chi connectivity index (χ0v) is 9.80. The van der Waals surface area contributed by atoms with Crippen molar-refractivity contribution in [1.29, 1.82) is 0 Å². The Labute approximate surface area is 93.2 Å². The van der Waals surface area contributed by atoms with Crippen LogP contribution in [-0.4, -0.2) is 25.6 Å². The minimum atomic E-state index is -3.51. The molecule has 0 fully saturated rings. The van der Waals surface area contributed by atoms with E-state index in [2.05, 4.69) is 5.10 Å². The molecule has 0 amide bonds. The summed E-state index contributed by atoms with van der Waals surface area (Å²) in [7, 11) is -2.11. The molecule has 1 heterocycles. The number of hydrogen-bond acceptors (Lipinski definition) is 3. The summed E-state index contributed by atoms with van der Waals surface area (Å²) in [5.41, 5.74) is 1.27. The molecule has 0 aromatic heterocycles. The van der Waals surface area contributed by atoms with Crippen molar-refractivity contribution in [2.75, 3.05) is 7.05 Å². The molecule has 0 atom stereocenters. The summed E-state index contributed by atoms with van der Waals surface area (Å²) in [6.07, 6.45) is 0. The van der Waals surface area contributed by atoms with Crippen LogP contribution in [0.25, 0.3) is 0 Å². The van der Waals surface area contributed by atoms with Gasteiger partial charge in [-0.3, -0.25) is 0 Å². The van der Waals surface area contributed by atoms with Crippen molar-refractivity contribution in [2.45, 2.75) is 11.8 Å². The lowest BCUT2D eigenvalue weighted by molar-refractivity contribution is 0.485. The number of rotatable bonds is 0. The second-order valence-corrected chi connectivity index (χ2v) is 5.62. The van der Waals surface area contributed by atoms with Crippen LogP contribution < -0.4 is 0 Å². The summed E-state index contributed by atoms with van der Waals surface area (Å²) in [6, 6.07) is 4.77. The zero-order chi connectivity index (χ0) is 11.2. The molecule has 1 aromatic rings. The van der Waals surface area contributed by atoms with Gasteiger partial charge in [-0.15, -0.1) is 0 Å². The highest BCUT2D eigenvalue weighted by Gasteiger charge is 2.28. The fourth-order valence-corrected chi connectivity index (χ4v) is 2.99. The van der Waals surface area contributed by atoms with Gasteiger partial charge in [-0.1, -0.05) is 17.7 Å². The monoisotopic (exact) mass is 244 g/mol. The molecule has 6 heteroatoms.